The third-order valence-corrected chi connectivity index (χ3v) is 5.71. The molecule has 0 aliphatic heterocycles. The number of nitrogens with one attached hydrogen (secondary N) is 1. The van der Waals surface area contributed by atoms with E-state index in [1.807, 2.05) is 36.4 Å². The Kier molecular flexibility index (Phi) is 4.91. The molecule has 0 aliphatic rings. The van der Waals surface area contributed by atoms with Crippen molar-refractivity contribution in [3.05, 3.63) is 95.9 Å². The number of fused-ring (bicyclic) bond motifs is 1. The van der Waals surface area contributed by atoms with Crippen LogP contribution < -0.4 is 5.32 Å². The third kappa shape index (κ3) is 3.53. The number of aromatic nitrogens is 3. The molecule has 0 amide bonds. The van der Waals surface area contributed by atoms with Crippen LogP contribution in [0.2, 0.25) is 0 Å². The van der Waals surface area contributed by atoms with Gasteiger partial charge in [-0.15, -0.1) is 11.3 Å². The van der Waals surface area contributed by atoms with Gasteiger partial charge >= 0.3 is 0 Å². The Morgan fingerprint density at radius 1 is 0.867 bits per heavy atom. The van der Waals surface area contributed by atoms with E-state index in [1.165, 1.54) is 6.07 Å². The summed E-state index contributed by atoms with van der Waals surface area (Å²) in [5.74, 6) is 1.03. The highest BCUT2D eigenvalue weighted by molar-refractivity contribution is 7.17. The Morgan fingerprint density at radius 3 is 2.47 bits per heavy atom. The van der Waals surface area contributed by atoms with E-state index in [9.17, 15) is 4.39 Å². The van der Waals surface area contributed by atoms with Crippen molar-refractivity contribution in [3.63, 3.8) is 0 Å². The minimum atomic E-state index is -0.239. The lowest BCUT2D eigenvalue weighted by molar-refractivity contribution is 0.613. The molecule has 0 bridgehead atoms. The summed E-state index contributed by atoms with van der Waals surface area (Å²) in [7, 11) is 0. The highest BCUT2D eigenvalue weighted by atomic mass is 32.1. The first-order valence-electron chi connectivity index (χ1n) is 9.52. The van der Waals surface area contributed by atoms with Gasteiger partial charge in [0.2, 0.25) is 0 Å². The summed E-state index contributed by atoms with van der Waals surface area (Å²) < 4.78 is 14.2. The van der Waals surface area contributed by atoms with Gasteiger partial charge in [-0.05, 0) is 23.8 Å². The molecule has 3 aromatic heterocycles. The number of anilines is 1. The SMILES string of the molecule is Fc1ccccc1CNc1nc(-c2cccnc2)nc2scc(-c3ccccc3)c12. The Labute approximate surface area is 177 Å². The summed E-state index contributed by atoms with van der Waals surface area (Å²) in [4.78, 5) is 14.6. The quantitative estimate of drug-likeness (QED) is 0.375. The summed E-state index contributed by atoms with van der Waals surface area (Å²) in [6, 6.07) is 20.7. The third-order valence-electron chi connectivity index (χ3n) is 4.84. The van der Waals surface area contributed by atoms with Crippen LogP contribution in [0.25, 0.3) is 32.7 Å². The molecule has 0 aliphatic carbocycles. The van der Waals surface area contributed by atoms with E-state index in [0.717, 1.165) is 26.9 Å². The van der Waals surface area contributed by atoms with Crippen LogP contribution in [-0.4, -0.2) is 15.0 Å². The summed E-state index contributed by atoms with van der Waals surface area (Å²) in [5.41, 5.74) is 3.58. The number of rotatable bonds is 5. The van der Waals surface area contributed by atoms with Gasteiger partial charge in [-0.2, -0.15) is 0 Å². The molecule has 3 heterocycles. The van der Waals surface area contributed by atoms with Crippen molar-refractivity contribution >= 4 is 27.4 Å². The predicted molar refractivity (Wildman–Crippen MR) is 120 cm³/mol. The second-order valence-electron chi connectivity index (χ2n) is 6.78. The van der Waals surface area contributed by atoms with Crippen molar-refractivity contribution in [1.82, 2.24) is 15.0 Å². The Morgan fingerprint density at radius 2 is 1.67 bits per heavy atom. The first-order chi connectivity index (χ1) is 14.8. The summed E-state index contributed by atoms with van der Waals surface area (Å²) >= 11 is 1.57. The molecule has 0 saturated heterocycles. The number of thiophene rings is 1. The fourth-order valence-electron chi connectivity index (χ4n) is 3.34. The summed E-state index contributed by atoms with van der Waals surface area (Å²) in [5, 5.41) is 6.38. The van der Waals surface area contributed by atoms with Gasteiger partial charge in [0, 0.05) is 41.0 Å². The maximum absolute atomic E-state index is 14.2. The molecule has 30 heavy (non-hydrogen) atoms. The van der Waals surface area contributed by atoms with Crippen molar-refractivity contribution in [2.24, 2.45) is 0 Å². The average Bonchev–Trinajstić information content (AvgIpc) is 3.24. The highest BCUT2D eigenvalue weighted by Crippen LogP contribution is 2.38. The molecule has 1 N–H and O–H groups in total. The molecule has 2 aromatic carbocycles. The van der Waals surface area contributed by atoms with Gasteiger partial charge < -0.3 is 5.32 Å². The maximum Gasteiger partial charge on any atom is 0.164 e. The number of nitrogens with zero attached hydrogens (tertiary/aromatic N) is 3. The molecule has 6 heteroatoms. The lowest BCUT2D eigenvalue weighted by Gasteiger charge is -2.11. The van der Waals surface area contributed by atoms with E-state index in [2.05, 4.69) is 27.8 Å². The topological polar surface area (TPSA) is 50.7 Å². The van der Waals surface area contributed by atoms with Gasteiger partial charge in [0.25, 0.3) is 0 Å². The lowest BCUT2D eigenvalue weighted by atomic mass is 10.1. The fourth-order valence-corrected chi connectivity index (χ4v) is 4.29. The van der Waals surface area contributed by atoms with Gasteiger partial charge in [0.1, 0.15) is 16.5 Å². The van der Waals surface area contributed by atoms with E-state index in [4.69, 9.17) is 9.97 Å². The number of hydrogen-bond donors (Lipinski definition) is 1. The first-order valence-corrected chi connectivity index (χ1v) is 10.4. The summed E-state index contributed by atoms with van der Waals surface area (Å²) in [6.07, 6.45) is 3.46. The van der Waals surface area contributed by atoms with Crippen molar-refractivity contribution < 1.29 is 4.39 Å². The van der Waals surface area contributed by atoms with Crippen molar-refractivity contribution in [1.29, 1.82) is 0 Å². The Bertz CT molecular complexity index is 1300. The van der Waals surface area contributed by atoms with Crippen LogP contribution >= 0.6 is 11.3 Å². The van der Waals surface area contributed by atoms with Crippen LogP contribution in [0.4, 0.5) is 10.2 Å². The van der Waals surface area contributed by atoms with Crippen LogP contribution in [0, 0.1) is 5.82 Å². The molecule has 0 atom stereocenters. The minimum Gasteiger partial charge on any atom is -0.365 e. The van der Waals surface area contributed by atoms with Crippen LogP contribution in [-0.2, 0) is 6.54 Å². The van der Waals surface area contributed by atoms with Gasteiger partial charge in [0.15, 0.2) is 5.82 Å². The standard InChI is InChI=1S/C24H17FN4S/c25-20-11-5-4-9-17(20)14-27-23-21-19(16-7-2-1-3-8-16)15-30-24(21)29-22(28-23)18-10-6-12-26-13-18/h1-13,15H,14H2,(H,27,28,29). The second-order valence-corrected chi connectivity index (χ2v) is 7.64. The van der Waals surface area contributed by atoms with Crippen molar-refractivity contribution in [2.75, 3.05) is 5.32 Å². The smallest absolute Gasteiger partial charge is 0.164 e. The van der Waals surface area contributed by atoms with E-state index in [-0.39, 0.29) is 5.82 Å². The van der Waals surface area contributed by atoms with Crippen LogP contribution in [0.1, 0.15) is 5.56 Å². The molecule has 0 unspecified atom stereocenters. The van der Waals surface area contributed by atoms with Crippen LogP contribution in [0.15, 0.2) is 84.5 Å². The molecular weight excluding hydrogens is 395 g/mol. The molecule has 146 valence electrons. The second kappa shape index (κ2) is 8.00. The molecule has 0 spiro atoms. The average molecular weight is 412 g/mol. The normalized spacial score (nSPS) is 11.0. The van der Waals surface area contributed by atoms with Crippen molar-refractivity contribution in [2.45, 2.75) is 6.54 Å². The molecule has 0 fully saturated rings. The highest BCUT2D eigenvalue weighted by Gasteiger charge is 2.16. The number of halogens is 1. The van der Waals surface area contributed by atoms with E-state index in [1.54, 1.807) is 35.9 Å². The first kappa shape index (κ1) is 18.4. The van der Waals surface area contributed by atoms with Crippen molar-refractivity contribution in [3.8, 4) is 22.5 Å². The van der Waals surface area contributed by atoms with E-state index >= 15 is 0 Å². The maximum atomic E-state index is 14.2. The molecule has 5 rings (SSSR count). The van der Waals surface area contributed by atoms with E-state index < -0.39 is 0 Å². The largest absolute Gasteiger partial charge is 0.365 e. The van der Waals surface area contributed by atoms with Gasteiger partial charge in [-0.1, -0.05) is 48.5 Å². The molecular formula is C24H17FN4S. The Hall–Kier alpha value is -3.64. The van der Waals surface area contributed by atoms with Gasteiger partial charge in [-0.25, -0.2) is 14.4 Å². The molecule has 0 saturated carbocycles. The zero-order valence-corrected chi connectivity index (χ0v) is 16.7. The molecule has 5 aromatic rings. The van der Waals surface area contributed by atoms with Gasteiger partial charge in [-0.3, -0.25) is 4.98 Å². The zero-order chi connectivity index (χ0) is 20.3. The van der Waals surface area contributed by atoms with Crippen LogP contribution in [0.5, 0.6) is 0 Å². The lowest BCUT2D eigenvalue weighted by Crippen LogP contribution is -2.05. The number of hydrogen-bond acceptors (Lipinski definition) is 5. The number of benzene rings is 2. The fraction of sp³-hybridized carbons (Fsp3) is 0.0417. The van der Waals surface area contributed by atoms with Gasteiger partial charge in [0.05, 0.1) is 5.39 Å². The zero-order valence-electron chi connectivity index (χ0n) is 15.9. The molecule has 4 nitrogen and oxygen atoms in total. The monoisotopic (exact) mass is 412 g/mol. The predicted octanol–water partition coefficient (Wildman–Crippen LogP) is 6.17. The molecule has 0 radical (unpaired) electrons. The summed E-state index contributed by atoms with van der Waals surface area (Å²) in [6.45, 7) is 0.329. The Balaban J connectivity index is 1.64. The van der Waals surface area contributed by atoms with E-state index in [0.29, 0.717) is 23.8 Å². The number of pyridine rings is 1. The minimum absolute atomic E-state index is 0.239. The van der Waals surface area contributed by atoms with Crippen LogP contribution in [0.3, 0.4) is 0 Å².